The number of nitrogens with two attached hydrogens (primary N) is 1. The fourth-order valence-electron chi connectivity index (χ4n) is 2.09. The van der Waals surface area contributed by atoms with E-state index in [-0.39, 0.29) is 17.0 Å². The Bertz CT molecular complexity index is 473. The summed E-state index contributed by atoms with van der Waals surface area (Å²) in [6.07, 6.45) is 1.78. The fourth-order valence-corrected chi connectivity index (χ4v) is 2.09. The molecule has 1 aliphatic heterocycles. The summed E-state index contributed by atoms with van der Waals surface area (Å²) in [5, 5.41) is 14.1. The smallest absolute Gasteiger partial charge is 0.311 e. The van der Waals surface area contributed by atoms with Gasteiger partial charge in [-0.2, -0.15) is 0 Å². The molecule has 1 aliphatic rings. The normalized spacial score (nSPS) is 22.8. The van der Waals surface area contributed by atoms with Gasteiger partial charge in [0.05, 0.1) is 17.1 Å². The summed E-state index contributed by atoms with van der Waals surface area (Å²) in [6.45, 7) is 3.17. The van der Waals surface area contributed by atoms with Crippen LogP contribution in [0, 0.1) is 10.1 Å². The molecule has 8 heteroatoms. The van der Waals surface area contributed by atoms with Crippen molar-refractivity contribution in [2.24, 2.45) is 5.84 Å². The summed E-state index contributed by atoms with van der Waals surface area (Å²) >= 11 is 0. The van der Waals surface area contributed by atoms with Crippen LogP contribution in [0.3, 0.4) is 0 Å². The summed E-state index contributed by atoms with van der Waals surface area (Å²) in [4.78, 5) is 14.6. The molecule has 0 spiro atoms. The Kier molecular flexibility index (Phi) is 3.82. The lowest BCUT2D eigenvalue weighted by atomic mass is 9.95. The Morgan fingerprint density at radius 2 is 2.37 bits per heavy atom. The van der Waals surface area contributed by atoms with Crippen LogP contribution in [0.2, 0.25) is 0 Å². The molecular weight excluding hydrogens is 250 g/mol. The van der Waals surface area contributed by atoms with E-state index in [1.54, 1.807) is 0 Å². The monoisotopic (exact) mass is 267 g/mol. The number of nitrogens with one attached hydrogen (secondary N) is 2. The molecular formula is C11H17N5O3. The zero-order valence-corrected chi connectivity index (χ0v) is 10.7. The van der Waals surface area contributed by atoms with Gasteiger partial charge in [-0.3, -0.25) is 10.1 Å². The van der Waals surface area contributed by atoms with Gasteiger partial charge >= 0.3 is 5.69 Å². The molecule has 0 aromatic carbocycles. The predicted octanol–water partition coefficient (Wildman–Crippen LogP) is 1.26. The third-order valence-corrected chi connectivity index (χ3v) is 3.08. The molecule has 1 fully saturated rings. The quantitative estimate of drug-likeness (QED) is 0.427. The molecule has 1 unspecified atom stereocenters. The molecule has 0 saturated carbocycles. The Hall–Kier alpha value is -1.93. The summed E-state index contributed by atoms with van der Waals surface area (Å²) < 4.78 is 5.41. The van der Waals surface area contributed by atoms with Crippen LogP contribution in [0.15, 0.2) is 12.1 Å². The van der Waals surface area contributed by atoms with Gasteiger partial charge in [-0.05, 0) is 25.8 Å². The Morgan fingerprint density at radius 1 is 1.58 bits per heavy atom. The van der Waals surface area contributed by atoms with E-state index in [0.29, 0.717) is 12.4 Å². The number of anilines is 2. The molecule has 8 nitrogen and oxygen atoms in total. The van der Waals surface area contributed by atoms with Gasteiger partial charge in [0.1, 0.15) is 5.82 Å². The summed E-state index contributed by atoms with van der Waals surface area (Å²) in [7, 11) is 0. The number of hydrogen-bond donors (Lipinski definition) is 3. The first kappa shape index (κ1) is 13.5. The average molecular weight is 267 g/mol. The van der Waals surface area contributed by atoms with E-state index in [9.17, 15) is 10.1 Å². The second-order valence-electron chi connectivity index (χ2n) is 4.81. The van der Waals surface area contributed by atoms with Gasteiger partial charge in [0, 0.05) is 12.7 Å². The van der Waals surface area contributed by atoms with Crippen LogP contribution in [0.25, 0.3) is 0 Å². The fraction of sp³-hybridized carbons (Fsp3) is 0.545. The number of pyridine rings is 1. The number of nitrogens with zero attached hydrogens (tertiary/aromatic N) is 2. The number of aromatic nitrogens is 1. The predicted molar refractivity (Wildman–Crippen MR) is 70.8 cm³/mol. The Balaban J connectivity index is 2.28. The minimum atomic E-state index is -0.470. The highest BCUT2D eigenvalue weighted by Gasteiger charge is 2.30. The van der Waals surface area contributed by atoms with E-state index in [4.69, 9.17) is 10.6 Å². The molecule has 1 aromatic rings. The van der Waals surface area contributed by atoms with Crippen molar-refractivity contribution in [2.45, 2.75) is 25.3 Å². The molecule has 4 N–H and O–H groups in total. The molecule has 0 amide bonds. The molecule has 1 saturated heterocycles. The SMILES string of the molecule is CC1(Nc2nc(NN)ccc2[N+](=O)[O-])CCCOC1. The van der Waals surface area contributed by atoms with Crippen LogP contribution in [0.1, 0.15) is 19.8 Å². The lowest BCUT2D eigenvalue weighted by Gasteiger charge is -2.34. The van der Waals surface area contributed by atoms with E-state index in [1.807, 2.05) is 6.92 Å². The highest BCUT2D eigenvalue weighted by atomic mass is 16.6. The zero-order valence-electron chi connectivity index (χ0n) is 10.7. The van der Waals surface area contributed by atoms with Gasteiger partial charge in [0.15, 0.2) is 0 Å². The van der Waals surface area contributed by atoms with Crippen LogP contribution in [-0.4, -0.2) is 28.7 Å². The van der Waals surface area contributed by atoms with Gasteiger partial charge in [0.2, 0.25) is 5.82 Å². The maximum Gasteiger partial charge on any atom is 0.311 e. The number of rotatable bonds is 4. The van der Waals surface area contributed by atoms with Crippen molar-refractivity contribution in [3.8, 4) is 0 Å². The molecule has 1 atom stereocenters. The first-order valence-electron chi connectivity index (χ1n) is 6.02. The molecule has 0 radical (unpaired) electrons. The van der Waals surface area contributed by atoms with Gasteiger partial charge in [0.25, 0.3) is 0 Å². The van der Waals surface area contributed by atoms with Gasteiger partial charge in [-0.1, -0.05) is 0 Å². The number of nitrogen functional groups attached to an aromatic ring is 1. The second-order valence-corrected chi connectivity index (χ2v) is 4.81. The molecule has 1 aromatic heterocycles. The van der Waals surface area contributed by atoms with Crippen LogP contribution in [0.5, 0.6) is 0 Å². The van der Waals surface area contributed by atoms with Crippen LogP contribution in [-0.2, 0) is 4.74 Å². The van der Waals surface area contributed by atoms with E-state index in [0.717, 1.165) is 19.4 Å². The number of nitro groups is 1. The van der Waals surface area contributed by atoms with Crippen molar-refractivity contribution in [3.05, 3.63) is 22.2 Å². The highest BCUT2D eigenvalue weighted by molar-refractivity contribution is 5.61. The molecule has 19 heavy (non-hydrogen) atoms. The van der Waals surface area contributed by atoms with Crippen molar-refractivity contribution >= 4 is 17.3 Å². The number of hydrazine groups is 1. The molecule has 104 valence electrons. The van der Waals surface area contributed by atoms with Crippen molar-refractivity contribution in [1.82, 2.24) is 4.98 Å². The first-order chi connectivity index (χ1) is 9.04. The van der Waals surface area contributed by atoms with Crippen LogP contribution in [0.4, 0.5) is 17.3 Å². The van der Waals surface area contributed by atoms with E-state index in [1.165, 1.54) is 12.1 Å². The van der Waals surface area contributed by atoms with Crippen LogP contribution < -0.4 is 16.6 Å². The summed E-state index contributed by atoms with van der Waals surface area (Å²) in [6, 6.07) is 2.83. The maximum absolute atomic E-state index is 11.0. The lowest BCUT2D eigenvalue weighted by molar-refractivity contribution is -0.384. The van der Waals surface area contributed by atoms with Crippen molar-refractivity contribution in [3.63, 3.8) is 0 Å². The standard InChI is InChI=1S/C11H17N5O3/c1-11(5-2-6-19-7-11)14-10-8(16(17)18)3-4-9(13-10)15-12/h3-4H,2,5-7,12H2,1H3,(H2,13,14,15). The number of ether oxygens (including phenoxy) is 1. The van der Waals surface area contributed by atoms with Gasteiger partial charge < -0.3 is 15.5 Å². The topological polar surface area (TPSA) is 115 Å². The first-order valence-corrected chi connectivity index (χ1v) is 6.02. The van der Waals surface area contributed by atoms with Crippen molar-refractivity contribution in [1.29, 1.82) is 0 Å². The van der Waals surface area contributed by atoms with Gasteiger partial charge in [-0.15, -0.1) is 0 Å². The number of hydrogen-bond acceptors (Lipinski definition) is 7. The molecule has 2 rings (SSSR count). The molecule has 0 aliphatic carbocycles. The Labute approximate surface area is 110 Å². The second kappa shape index (κ2) is 5.37. The summed E-state index contributed by atoms with van der Waals surface area (Å²) in [5.74, 6) is 5.85. The third kappa shape index (κ3) is 3.09. The van der Waals surface area contributed by atoms with Crippen molar-refractivity contribution in [2.75, 3.05) is 24.0 Å². The van der Waals surface area contributed by atoms with E-state index >= 15 is 0 Å². The molecule has 0 bridgehead atoms. The lowest BCUT2D eigenvalue weighted by Crippen LogP contribution is -2.43. The van der Waals surface area contributed by atoms with E-state index < -0.39 is 4.92 Å². The third-order valence-electron chi connectivity index (χ3n) is 3.08. The largest absolute Gasteiger partial charge is 0.379 e. The Morgan fingerprint density at radius 3 is 2.95 bits per heavy atom. The van der Waals surface area contributed by atoms with Crippen molar-refractivity contribution < 1.29 is 9.66 Å². The van der Waals surface area contributed by atoms with Gasteiger partial charge in [-0.25, -0.2) is 10.8 Å². The maximum atomic E-state index is 11.0. The van der Waals surface area contributed by atoms with E-state index in [2.05, 4.69) is 15.7 Å². The highest BCUT2D eigenvalue weighted by Crippen LogP contribution is 2.29. The minimum Gasteiger partial charge on any atom is -0.379 e. The van der Waals surface area contributed by atoms with Crippen LogP contribution >= 0.6 is 0 Å². The average Bonchev–Trinajstić information content (AvgIpc) is 2.38. The minimum absolute atomic E-state index is 0.0780. The summed E-state index contributed by atoms with van der Waals surface area (Å²) in [5.41, 5.74) is 1.94. The zero-order chi connectivity index (χ0) is 13.9. The molecule has 2 heterocycles.